The van der Waals surface area contributed by atoms with Gasteiger partial charge in [0.2, 0.25) is 5.78 Å². The molecule has 0 bridgehead atoms. The first-order chi connectivity index (χ1) is 11.5. The number of esters is 1. The molecule has 0 spiro atoms. The zero-order chi connectivity index (χ0) is 17.3. The summed E-state index contributed by atoms with van der Waals surface area (Å²) >= 11 is 0. The van der Waals surface area contributed by atoms with Crippen molar-refractivity contribution in [1.82, 2.24) is 4.98 Å². The van der Waals surface area contributed by atoms with Crippen molar-refractivity contribution >= 4 is 22.7 Å². The Morgan fingerprint density at radius 2 is 1.75 bits per heavy atom. The monoisotopic (exact) mass is 323 g/mol. The number of Topliss-reactive ketones (excluding diaryl/α,β-unsaturated/α-hetero) is 1. The molecule has 0 radical (unpaired) electrons. The molecule has 1 atom stereocenters. The highest BCUT2D eigenvalue weighted by Crippen LogP contribution is 2.24. The third-order valence-corrected chi connectivity index (χ3v) is 3.92. The van der Waals surface area contributed by atoms with Crippen LogP contribution >= 0.6 is 0 Å². The smallest absolute Gasteiger partial charge is 0.342 e. The van der Waals surface area contributed by atoms with Gasteiger partial charge in [0.05, 0.1) is 0 Å². The van der Waals surface area contributed by atoms with Crippen molar-refractivity contribution in [3.8, 4) is 5.75 Å². The highest BCUT2D eigenvalue weighted by Gasteiger charge is 2.25. The van der Waals surface area contributed by atoms with Crippen LogP contribution in [0.25, 0.3) is 10.9 Å². The minimum Gasteiger partial charge on any atom is -0.507 e. The van der Waals surface area contributed by atoms with Gasteiger partial charge in [0.1, 0.15) is 11.3 Å². The van der Waals surface area contributed by atoms with Crippen LogP contribution in [0, 0.1) is 6.92 Å². The number of H-pyrrole nitrogens is 1. The number of ketones is 1. The zero-order valence-electron chi connectivity index (χ0n) is 13.4. The number of para-hydroxylation sites is 2. The van der Waals surface area contributed by atoms with E-state index >= 15 is 0 Å². The molecule has 0 unspecified atom stereocenters. The number of ether oxygens (including phenoxy) is 1. The number of fused-ring (bicyclic) bond motifs is 1. The second-order valence-electron chi connectivity index (χ2n) is 5.60. The van der Waals surface area contributed by atoms with E-state index in [1.807, 2.05) is 31.2 Å². The Bertz CT molecular complexity index is 926. The van der Waals surface area contributed by atoms with Crippen molar-refractivity contribution in [1.29, 1.82) is 0 Å². The summed E-state index contributed by atoms with van der Waals surface area (Å²) in [5.74, 6) is -1.19. The third kappa shape index (κ3) is 2.76. The predicted molar refractivity (Wildman–Crippen MR) is 90.4 cm³/mol. The average Bonchev–Trinajstić information content (AvgIpc) is 2.90. The summed E-state index contributed by atoms with van der Waals surface area (Å²) in [7, 11) is 0. The molecule has 5 heteroatoms. The molecule has 0 aliphatic heterocycles. The van der Waals surface area contributed by atoms with Gasteiger partial charge in [-0.05, 0) is 32.0 Å². The largest absolute Gasteiger partial charge is 0.507 e. The summed E-state index contributed by atoms with van der Waals surface area (Å²) in [6.07, 6.45) is -0.963. The fraction of sp³-hybridized carbons (Fsp3) is 0.158. The van der Waals surface area contributed by atoms with Crippen LogP contribution < -0.4 is 0 Å². The molecule has 5 nitrogen and oxygen atoms in total. The third-order valence-electron chi connectivity index (χ3n) is 3.92. The van der Waals surface area contributed by atoms with Crippen molar-refractivity contribution < 1.29 is 19.4 Å². The van der Waals surface area contributed by atoms with Crippen LogP contribution in [0.2, 0.25) is 0 Å². The van der Waals surface area contributed by atoms with Gasteiger partial charge in [0.25, 0.3) is 0 Å². The second kappa shape index (κ2) is 6.20. The Morgan fingerprint density at radius 3 is 2.50 bits per heavy atom. The van der Waals surface area contributed by atoms with Crippen LogP contribution in [0.4, 0.5) is 0 Å². The van der Waals surface area contributed by atoms with E-state index < -0.39 is 12.1 Å². The van der Waals surface area contributed by atoms with Crippen molar-refractivity contribution in [3.05, 3.63) is 65.4 Å². The van der Waals surface area contributed by atoms with E-state index in [4.69, 9.17) is 4.74 Å². The number of nitrogens with one attached hydrogen (secondary N) is 1. The normalized spacial score (nSPS) is 12.1. The topological polar surface area (TPSA) is 79.4 Å². The van der Waals surface area contributed by atoms with Crippen LogP contribution in [-0.4, -0.2) is 27.9 Å². The summed E-state index contributed by atoms with van der Waals surface area (Å²) in [6, 6.07) is 13.5. The number of aromatic amines is 1. The van der Waals surface area contributed by atoms with E-state index in [0.29, 0.717) is 5.56 Å². The standard InChI is InChI=1S/C19H17NO4/c1-11-17(13-7-3-5-9-15(13)20-11)18(22)12(2)24-19(23)14-8-4-6-10-16(14)21/h3-10,12,20-21H,1-2H3/t12-/m1/s1. The summed E-state index contributed by atoms with van der Waals surface area (Å²) in [5.41, 5.74) is 2.14. The highest BCUT2D eigenvalue weighted by molar-refractivity contribution is 6.11. The lowest BCUT2D eigenvalue weighted by Gasteiger charge is -2.13. The maximum Gasteiger partial charge on any atom is 0.342 e. The molecule has 0 saturated carbocycles. The number of carbonyl (C=O) groups is 2. The molecule has 1 aromatic heterocycles. The fourth-order valence-electron chi connectivity index (χ4n) is 2.72. The van der Waals surface area contributed by atoms with Gasteiger partial charge in [-0.25, -0.2) is 4.79 Å². The van der Waals surface area contributed by atoms with Crippen molar-refractivity contribution in [2.45, 2.75) is 20.0 Å². The molecular weight excluding hydrogens is 306 g/mol. The van der Waals surface area contributed by atoms with Crippen molar-refractivity contribution in [2.24, 2.45) is 0 Å². The molecule has 0 aliphatic rings. The number of phenolic OH excluding ortho intramolecular Hbond substituents is 1. The number of aryl methyl sites for hydroxylation is 1. The maximum absolute atomic E-state index is 12.7. The quantitative estimate of drug-likeness (QED) is 0.568. The van der Waals surface area contributed by atoms with Gasteiger partial charge in [-0.1, -0.05) is 30.3 Å². The first kappa shape index (κ1) is 15.8. The van der Waals surface area contributed by atoms with Gasteiger partial charge < -0.3 is 14.8 Å². The molecule has 3 rings (SSSR count). The first-order valence-electron chi connectivity index (χ1n) is 7.59. The van der Waals surface area contributed by atoms with E-state index in [-0.39, 0.29) is 17.1 Å². The summed E-state index contributed by atoms with van der Waals surface area (Å²) < 4.78 is 5.24. The maximum atomic E-state index is 12.7. The van der Waals surface area contributed by atoms with Gasteiger partial charge in [-0.2, -0.15) is 0 Å². The van der Waals surface area contributed by atoms with E-state index in [1.165, 1.54) is 19.1 Å². The van der Waals surface area contributed by atoms with Crippen LogP contribution in [0.3, 0.4) is 0 Å². The Hall–Kier alpha value is -3.08. The highest BCUT2D eigenvalue weighted by atomic mass is 16.5. The molecule has 24 heavy (non-hydrogen) atoms. The first-order valence-corrected chi connectivity index (χ1v) is 7.59. The van der Waals surface area contributed by atoms with E-state index in [1.54, 1.807) is 12.1 Å². The number of benzene rings is 2. The molecule has 1 heterocycles. The van der Waals surface area contributed by atoms with Gasteiger partial charge in [0.15, 0.2) is 6.10 Å². The fourth-order valence-corrected chi connectivity index (χ4v) is 2.72. The summed E-state index contributed by atoms with van der Waals surface area (Å²) in [5, 5.41) is 10.5. The van der Waals surface area contributed by atoms with Crippen LogP contribution in [0.1, 0.15) is 33.3 Å². The van der Waals surface area contributed by atoms with Crippen LogP contribution in [0.5, 0.6) is 5.75 Å². The van der Waals surface area contributed by atoms with E-state index in [2.05, 4.69) is 4.98 Å². The number of hydrogen-bond donors (Lipinski definition) is 2. The Labute approximate surface area is 138 Å². The number of carbonyl (C=O) groups excluding carboxylic acids is 2. The Kier molecular flexibility index (Phi) is 4.08. The van der Waals surface area contributed by atoms with Crippen molar-refractivity contribution in [2.75, 3.05) is 0 Å². The number of hydrogen-bond acceptors (Lipinski definition) is 4. The zero-order valence-corrected chi connectivity index (χ0v) is 13.4. The lowest BCUT2D eigenvalue weighted by molar-refractivity contribution is 0.0316. The molecule has 2 N–H and O–H groups in total. The number of aromatic hydroxyl groups is 1. The molecule has 0 aliphatic carbocycles. The van der Waals surface area contributed by atoms with E-state index in [0.717, 1.165) is 16.6 Å². The minimum absolute atomic E-state index is 0.0350. The molecule has 122 valence electrons. The van der Waals surface area contributed by atoms with Gasteiger partial charge in [0, 0.05) is 22.2 Å². The molecule has 0 amide bonds. The number of aromatic nitrogens is 1. The molecule has 0 saturated heterocycles. The Balaban J connectivity index is 1.86. The molecule has 0 fully saturated rings. The SMILES string of the molecule is Cc1[nH]c2ccccc2c1C(=O)[C@@H](C)OC(=O)c1ccccc1O. The Morgan fingerprint density at radius 1 is 1.08 bits per heavy atom. The van der Waals surface area contributed by atoms with Gasteiger partial charge in [-0.3, -0.25) is 4.79 Å². The number of phenols is 1. The van der Waals surface area contributed by atoms with Crippen LogP contribution in [0.15, 0.2) is 48.5 Å². The molecular formula is C19H17NO4. The summed E-state index contributed by atoms with van der Waals surface area (Å²) in [4.78, 5) is 28.0. The lowest BCUT2D eigenvalue weighted by atomic mass is 10.0. The molecule has 2 aromatic carbocycles. The lowest BCUT2D eigenvalue weighted by Crippen LogP contribution is -2.25. The minimum atomic E-state index is -0.963. The van der Waals surface area contributed by atoms with Crippen LogP contribution in [-0.2, 0) is 4.74 Å². The summed E-state index contributed by atoms with van der Waals surface area (Å²) in [6.45, 7) is 3.34. The molecule has 3 aromatic rings. The second-order valence-corrected chi connectivity index (χ2v) is 5.60. The average molecular weight is 323 g/mol. The van der Waals surface area contributed by atoms with E-state index in [9.17, 15) is 14.7 Å². The predicted octanol–water partition coefficient (Wildman–Crippen LogP) is 3.61. The van der Waals surface area contributed by atoms with Crippen molar-refractivity contribution in [3.63, 3.8) is 0 Å². The van der Waals surface area contributed by atoms with Gasteiger partial charge >= 0.3 is 5.97 Å². The van der Waals surface area contributed by atoms with Gasteiger partial charge in [-0.15, -0.1) is 0 Å². The number of rotatable bonds is 4.